The molecule has 0 fully saturated rings. The van der Waals surface area contributed by atoms with Gasteiger partial charge in [0.05, 0.1) is 10.6 Å². The molecule has 8 heteroatoms. The van der Waals surface area contributed by atoms with Crippen molar-refractivity contribution in [3.8, 4) is 17.0 Å². The highest BCUT2D eigenvalue weighted by Gasteiger charge is 2.17. The molecule has 0 atom stereocenters. The topological polar surface area (TPSA) is 71.5 Å². The molecule has 0 aliphatic rings. The lowest BCUT2D eigenvalue weighted by Gasteiger charge is -2.13. The van der Waals surface area contributed by atoms with Crippen LogP contribution in [0, 0.1) is 0 Å². The number of thiazole rings is 1. The second kappa shape index (κ2) is 8.51. The average molecular weight is 404 g/mol. The van der Waals surface area contributed by atoms with Gasteiger partial charge in [0, 0.05) is 17.5 Å². The Hall–Kier alpha value is -2.42. The zero-order valence-electron chi connectivity index (χ0n) is 15.1. The molecule has 3 aromatic rings. The number of anilines is 1. The van der Waals surface area contributed by atoms with Gasteiger partial charge in [-0.1, -0.05) is 30.3 Å². The van der Waals surface area contributed by atoms with E-state index >= 15 is 0 Å². The van der Waals surface area contributed by atoms with E-state index in [0.717, 1.165) is 17.9 Å². The summed E-state index contributed by atoms with van der Waals surface area (Å²) in [4.78, 5) is 6.68. The first kappa shape index (κ1) is 19.3. The molecule has 0 saturated heterocycles. The first-order valence-corrected chi connectivity index (χ1v) is 10.7. The van der Waals surface area contributed by atoms with Crippen LogP contribution in [0.1, 0.15) is 0 Å². The highest BCUT2D eigenvalue weighted by Crippen LogP contribution is 2.32. The van der Waals surface area contributed by atoms with E-state index in [1.54, 1.807) is 30.3 Å². The monoisotopic (exact) mass is 403 g/mol. The van der Waals surface area contributed by atoms with Gasteiger partial charge in [0.25, 0.3) is 10.0 Å². The fourth-order valence-electron chi connectivity index (χ4n) is 2.36. The first-order chi connectivity index (χ1) is 13.0. The Morgan fingerprint density at radius 1 is 1.07 bits per heavy atom. The predicted molar refractivity (Wildman–Crippen MR) is 109 cm³/mol. The molecule has 1 heterocycles. The SMILES string of the molecule is CN(C)CCOc1ccccc1-c1csc(NS(=O)(=O)c2ccccc2)n1. The molecule has 0 unspecified atom stereocenters. The molecule has 1 N–H and O–H groups in total. The molecule has 142 valence electrons. The molecule has 27 heavy (non-hydrogen) atoms. The number of likely N-dealkylation sites (N-methyl/N-ethyl adjacent to an activating group) is 1. The highest BCUT2D eigenvalue weighted by molar-refractivity contribution is 7.93. The Balaban J connectivity index is 1.78. The zero-order chi connectivity index (χ0) is 19.3. The van der Waals surface area contributed by atoms with Crippen molar-refractivity contribution < 1.29 is 13.2 Å². The summed E-state index contributed by atoms with van der Waals surface area (Å²) in [5, 5.41) is 2.13. The van der Waals surface area contributed by atoms with Crippen molar-refractivity contribution in [2.24, 2.45) is 0 Å². The third-order valence-corrected chi connectivity index (χ3v) is 5.98. The van der Waals surface area contributed by atoms with Gasteiger partial charge in [-0.2, -0.15) is 0 Å². The number of sulfonamides is 1. The van der Waals surface area contributed by atoms with Crippen LogP contribution >= 0.6 is 11.3 Å². The minimum atomic E-state index is -3.65. The molecular weight excluding hydrogens is 382 g/mol. The standard InChI is InChI=1S/C19H21N3O3S2/c1-22(2)12-13-25-18-11-7-6-10-16(18)17-14-26-19(20-17)21-27(23,24)15-8-4-3-5-9-15/h3-11,14H,12-13H2,1-2H3,(H,20,21). The zero-order valence-corrected chi connectivity index (χ0v) is 16.8. The lowest BCUT2D eigenvalue weighted by Crippen LogP contribution is -2.19. The van der Waals surface area contributed by atoms with Gasteiger partial charge < -0.3 is 9.64 Å². The highest BCUT2D eigenvalue weighted by atomic mass is 32.2. The molecule has 0 spiro atoms. The molecular formula is C19H21N3O3S2. The van der Waals surface area contributed by atoms with E-state index in [1.165, 1.54) is 11.3 Å². The molecule has 0 radical (unpaired) electrons. The van der Waals surface area contributed by atoms with Crippen LogP contribution in [0.2, 0.25) is 0 Å². The molecule has 0 aliphatic heterocycles. The van der Waals surface area contributed by atoms with E-state index in [9.17, 15) is 8.42 Å². The van der Waals surface area contributed by atoms with Crippen LogP contribution < -0.4 is 9.46 Å². The molecule has 6 nitrogen and oxygen atoms in total. The van der Waals surface area contributed by atoms with Crippen LogP contribution in [0.4, 0.5) is 5.13 Å². The van der Waals surface area contributed by atoms with Crippen molar-refractivity contribution in [3.05, 3.63) is 60.0 Å². The fraction of sp³-hybridized carbons (Fsp3) is 0.211. The molecule has 2 aromatic carbocycles. The summed E-state index contributed by atoms with van der Waals surface area (Å²) in [6.45, 7) is 1.36. The van der Waals surface area contributed by atoms with Crippen LogP contribution in [-0.4, -0.2) is 45.5 Å². The van der Waals surface area contributed by atoms with Crippen LogP contribution in [0.5, 0.6) is 5.75 Å². The number of benzene rings is 2. The minimum Gasteiger partial charge on any atom is -0.492 e. The smallest absolute Gasteiger partial charge is 0.263 e. The number of para-hydroxylation sites is 1. The number of rotatable bonds is 8. The summed E-state index contributed by atoms with van der Waals surface area (Å²) in [7, 11) is 0.319. The summed E-state index contributed by atoms with van der Waals surface area (Å²) >= 11 is 1.24. The quantitative estimate of drug-likeness (QED) is 0.623. The van der Waals surface area contributed by atoms with Gasteiger partial charge in [-0.25, -0.2) is 13.4 Å². The van der Waals surface area contributed by atoms with Gasteiger partial charge in [0.15, 0.2) is 5.13 Å². The van der Waals surface area contributed by atoms with Crippen molar-refractivity contribution in [1.29, 1.82) is 0 Å². The molecule has 0 aliphatic carbocycles. The van der Waals surface area contributed by atoms with Crippen LogP contribution in [-0.2, 0) is 10.0 Å². The van der Waals surface area contributed by atoms with E-state index in [1.807, 2.05) is 48.6 Å². The summed E-state index contributed by atoms with van der Waals surface area (Å²) in [6.07, 6.45) is 0. The third-order valence-electron chi connectivity index (χ3n) is 3.74. The maximum Gasteiger partial charge on any atom is 0.263 e. The number of hydrogen-bond donors (Lipinski definition) is 1. The molecule has 1 aromatic heterocycles. The van der Waals surface area contributed by atoms with E-state index in [4.69, 9.17) is 4.74 Å². The van der Waals surface area contributed by atoms with Gasteiger partial charge >= 0.3 is 0 Å². The number of hydrogen-bond acceptors (Lipinski definition) is 6. The number of aromatic nitrogens is 1. The van der Waals surface area contributed by atoms with E-state index in [0.29, 0.717) is 17.4 Å². The first-order valence-electron chi connectivity index (χ1n) is 8.36. The maximum atomic E-state index is 12.4. The second-order valence-electron chi connectivity index (χ2n) is 6.10. The Kier molecular flexibility index (Phi) is 6.10. The van der Waals surface area contributed by atoms with Crippen molar-refractivity contribution in [3.63, 3.8) is 0 Å². The lowest BCUT2D eigenvalue weighted by molar-refractivity contribution is 0.262. The van der Waals surface area contributed by atoms with Crippen molar-refractivity contribution >= 4 is 26.5 Å². The van der Waals surface area contributed by atoms with Crippen molar-refractivity contribution in [1.82, 2.24) is 9.88 Å². The normalized spacial score (nSPS) is 11.5. The van der Waals surface area contributed by atoms with Crippen molar-refractivity contribution in [2.45, 2.75) is 4.90 Å². The second-order valence-corrected chi connectivity index (χ2v) is 8.64. The molecule has 3 rings (SSSR count). The Labute approximate surface area is 163 Å². The van der Waals surface area contributed by atoms with Gasteiger partial charge in [0.1, 0.15) is 12.4 Å². The van der Waals surface area contributed by atoms with Crippen LogP contribution in [0.25, 0.3) is 11.3 Å². The summed E-state index contributed by atoms with van der Waals surface area (Å²) in [6, 6.07) is 15.8. The Morgan fingerprint density at radius 2 is 1.78 bits per heavy atom. The lowest BCUT2D eigenvalue weighted by atomic mass is 10.1. The van der Waals surface area contributed by atoms with Crippen LogP contribution in [0.15, 0.2) is 64.9 Å². The minimum absolute atomic E-state index is 0.203. The van der Waals surface area contributed by atoms with Crippen LogP contribution in [0.3, 0.4) is 0 Å². The largest absolute Gasteiger partial charge is 0.492 e. The third kappa shape index (κ3) is 5.06. The maximum absolute atomic E-state index is 12.4. The van der Waals surface area contributed by atoms with E-state index in [-0.39, 0.29) is 4.90 Å². The number of nitrogens with zero attached hydrogens (tertiary/aromatic N) is 2. The van der Waals surface area contributed by atoms with E-state index in [2.05, 4.69) is 9.71 Å². The molecule has 0 amide bonds. The number of nitrogens with one attached hydrogen (secondary N) is 1. The van der Waals surface area contributed by atoms with Gasteiger partial charge in [0.2, 0.25) is 0 Å². The Morgan fingerprint density at radius 3 is 2.52 bits per heavy atom. The Bertz CT molecular complexity index is 986. The van der Waals surface area contributed by atoms with Gasteiger partial charge in [-0.05, 0) is 38.4 Å². The summed E-state index contributed by atoms with van der Waals surface area (Å²) in [5.41, 5.74) is 1.50. The van der Waals surface area contributed by atoms with Gasteiger partial charge in [-0.3, -0.25) is 4.72 Å². The molecule has 0 saturated carbocycles. The predicted octanol–water partition coefficient (Wildman–Crippen LogP) is 3.55. The number of ether oxygens (including phenoxy) is 1. The average Bonchev–Trinajstić information content (AvgIpc) is 3.10. The summed E-state index contributed by atoms with van der Waals surface area (Å²) in [5.74, 6) is 0.724. The molecule has 0 bridgehead atoms. The fourth-order valence-corrected chi connectivity index (χ4v) is 4.34. The van der Waals surface area contributed by atoms with Gasteiger partial charge in [-0.15, -0.1) is 11.3 Å². The summed E-state index contributed by atoms with van der Waals surface area (Å²) < 4.78 is 33.3. The van der Waals surface area contributed by atoms with Crippen molar-refractivity contribution in [2.75, 3.05) is 32.0 Å². The van der Waals surface area contributed by atoms with E-state index < -0.39 is 10.0 Å².